The highest BCUT2D eigenvalue weighted by atomic mass is 16.3. The molecule has 0 aliphatic carbocycles. The predicted octanol–water partition coefficient (Wildman–Crippen LogP) is 3.06. The molecule has 0 bridgehead atoms. The highest BCUT2D eigenvalue weighted by molar-refractivity contribution is 5.92. The maximum absolute atomic E-state index is 13.2. The van der Waals surface area contributed by atoms with E-state index in [1.807, 2.05) is 66.7 Å². The van der Waals surface area contributed by atoms with Crippen LogP contribution in [0.25, 0.3) is 0 Å². The SMILES string of the molecule is O=C(Cc1ccc(NC(=O)CN(CCN(Cc2ccccn2)Cc2ccccn2)Cc2ccccn2)cc1)NCCCO. The number of nitrogens with zero attached hydrogens (tertiary/aromatic N) is 5. The molecule has 0 radical (unpaired) electrons. The number of nitrogens with one attached hydrogen (secondary N) is 2. The van der Waals surface area contributed by atoms with Crippen LogP contribution in [0.5, 0.6) is 0 Å². The summed E-state index contributed by atoms with van der Waals surface area (Å²) < 4.78 is 0. The first kappa shape index (κ1) is 31.4. The Hall–Kier alpha value is -4.51. The second-order valence-electron chi connectivity index (χ2n) is 10.2. The molecule has 3 N–H and O–H groups in total. The third-order valence-electron chi connectivity index (χ3n) is 6.69. The molecule has 0 saturated heterocycles. The van der Waals surface area contributed by atoms with Gasteiger partial charge in [-0.1, -0.05) is 30.3 Å². The van der Waals surface area contributed by atoms with E-state index in [0.29, 0.717) is 51.4 Å². The van der Waals surface area contributed by atoms with Crippen LogP contribution in [-0.4, -0.2) is 74.5 Å². The smallest absolute Gasteiger partial charge is 0.238 e. The van der Waals surface area contributed by atoms with Crippen molar-refractivity contribution in [3.05, 3.63) is 120 Å². The standard InChI is InChI=1S/C33H39N7O3/c41-21-7-18-37-32(42)22-27-11-13-28(14-12-27)38-33(43)26-40(25-31-10-3-6-17-36-31)20-19-39(23-29-8-1-4-15-34-29)24-30-9-2-5-16-35-30/h1-6,8-17,41H,7,18-26H2,(H,37,42)(H,38,43). The average Bonchev–Trinajstić information content (AvgIpc) is 3.02. The third-order valence-corrected chi connectivity index (χ3v) is 6.69. The van der Waals surface area contributed by atoms with Gasteiger partial charge >= 0.3 is 0 Å². The van der Waals surface area contributed by atoms with E-state index in [-0.39, 0.29) is 31.4 Å². The van der Waals surface area contributed by atoms with Crippen LogP contribution in [0.2, 0.25) is 0 Å². The van der Waals surface area contributed by atoms with Gasteiger partial charge in [0.2, 0.25) is 11.8 Å². The summed E-state index contributed by atoms with van der Waals surface area (Å²) in [6, 6.07) is 24.9. The number of benzene rings is 1. The van der Waals surface area contributed by atoms with Crippen LogP contribution >= 0.6 is 0 Å². The molecule has 43 heavy (non-hydrogen) atoms. The number of rotatable bonds is 17. The monoisotopic (exact) mass is 581 g/mol. The van der Waals surface area contributed by atoms with Gasteiger partial charge < -0.3 is 15.7 Å². The van der Waals surface area contributed by atoms with E-state index in [1.54, 1.807) is 30.7 Å². The van der Waals surface area contributed by atoms with Gasteiger partial charge in [-0.2, -0.15) is 0 Å². The molecule has 224 valence electrons. The lowest BCUT2D eigenvalue weighted by atomic mass is 10.1. The van der Waals surface area contributed by atoms with Crippen molar-refractivity contribution in [3.63, 3.8) is 0 Å². The van der Waals surface area contributed by atoms with E-state index in [9.17, 15) is 9.59 Å². The van der Waals surface area contributed by atoms with Crippen LogP contribution in [0, 0.1) is 0 Å². The molecular formula is C33H39N7O3. The van der Waals surface area contributed by atoms with Gasteiger partial charge in [0, 0.05) is 70.2 Å². The molecule has 0 saturated carbocycles. The van der Waals surface area contributed by atoms with Gasteiger partial charge in [0.05, 0.1) is 30.0 Å². The quantitative estimate of drug-likeness (QED) is 0.163. The van der Waals surface area contributed by atoms with Crippen molar-refractivity contribution < 1.29 is 14.7 Å². The normalized spacial score (nSPS) is 11.0. The number of amides is 2. The molecule has 4 aromatic rings. The van der Waals surface area contributed by atoms with Gasteiger partial charge in [0.15, 0.2) is 0 Å². The molecule has 0 fully saturated rings. The molecule has 1 aromatic carbocycles. The molecule has 0 aliphatic heterocycles. The lowest BCUT2D eigenvalue weighted by Gasteiger charge is -2.27. The fraction of sp³-hybridized carbons (Fsp3) is 0.303. The van der Waals surface area contributed by atoms with Gasteiger partial charge in [-0.3, -0.25) is 34.3 Å². The first-order valence-electron chi connectivity index (χ1n) is 14.5. The van der Waals surface area contributed by atoms with Crippen molar-refractivity contribution in [1.29, 1.82) is 0 Å². The maximum Gasteiger partial charge on any atom is 0.238 e. The zero-order valence-electron chi connectivity index (χ0n) is 24.3. The molecule has 10 heteroatoms. The van der Waals surface area contributed by atoms with Crippen molar-refractivity contribution in [2.24, 2.45) is 0 Å². The lowest BCUT2D eigenvalue weighted by molar-refractivity contribution is -0.120. The van der Waals surface area contributed by atoms with Gasteiger partial charge in [0.1, 0.15) is 0 Å². The number of carbonyl (C=O) groups excluding carboxylic acids is 2. The van der Waals surface area contributed by atoms with Crippen LogP contribution < -0.4 is 10.6 Å². The van der Waals surface area contributed by atoms with Crippen LogP contribution in [0.3, 0.4) is 0 Å². The van der Waals surface area contributed by atoms with Gasteiger partial charge in [-0.05, 0) is 60.5 Å². The summed E-state index contributed by atoms with van der Waals surface area (Å²) in [7, 11) is 0. The second kappa shape index (κ2) is 17.4. The Balaban J connectivity index is 1.37. The van der Waals surface area contributed by atoms with Crippen molar-refractivity contribution in [2.75, 3.05) is 38.1 Å². The summed E-state index contributed by atoms with van der Waals surface area (Å²) in [5.74, 6) is -0.234. The third kappa shape index (κ3) is 11.7. The van der Waals surface area contributed by atoms with E-state index in [0.717, 1.165) is 22.6 Å². The molecule has 0 aliphatic rings. The molecule has 0 spiro atoms. The molecular weight excluding hydrogens is 542 g/mol. The number of hydrogen-bond acceptors (Lipinski definition) is 8. The summed E-state index contributed by atoms with van der Waals surface area (Å²) in [5, 5.41) is 14.6. The molecule has 10 nitrogen and oxygen atoms in total. The summed E-state index contributed by atoms with van der Waals surface area (Å²) in [6.07, 6.45) is 6.13. The summed E-state index contributed by atoms with van der Waals surface area (Å²) in [6.45, 7) is 3.85. The van der Waals surface area contributed by atoms with Crippen molar-refractivity contribution in [1.82, 2.24) is 30.1 Å². The number of pyridine rings is 3. The van der Waals surface area contributed by atoms with Crippen molar-refractivity contribution in [3.8, 4) is 0 Å². The van der Waals surface area contributed by atoms with Crippen LogP contribution in [-0.2, 0) is 35.6 Å². The van der Waals surface area contributed by atoms with Crippen LogP contribution in [0.1, 0.15) is 29.1 Å². The number of carbonyl (C=O) groups is 2. The number of aromatic nitrogens is 3. The Bertz CT molecular complexity index is 1330. The molecule has 3 aromatic heterocycles. The van der Waals surface area contributed by atoms with E-state index in [1.165, 1.54) is 0 Å². The van der Waals surface area contributed by atoms with Crippen LogP contribution in [0.15, 0.2) is 97.5 Å². The Kier molecular flexibility index (Phi) is 12.8. The fourth-order valence-electron chi connectivity index (χ4n) is 4.54. The van der Waals surface area contributed by atoms with E-state index in [2.05, 4.69) is 35.4 Å². The fourth-order valence-corrected chi connectivity index (χ4v) is 4.54. The van der Waals surface area contributed by atoms with Gasteiger partial charge in [0.25, 0.3) is 0 Å². The molecule has 0 atom stereocenters. The van der Waals surface area contributed by atoms with Gasteiger partial charge in [-0.25, -0.2) is 0 Å². The Morgan fingerprint density at radius 1 is 0.674 bits per heavy atom. The Labute approximate surface area is 252 Å². The average molecular weight is 582 g/mol. The first-order valence-corrected chi connectivity index (χ1v) is 14.5. The zero-order chi connectivity index (χ0) is 30.1. The van der Waals surface area contributed by atoms with Crippen LogP contribution in [0.4, 0.5) is 5.69 Å². The Morgan fingerprint density at radius 2 is 1.21 bits per heavy atom. The zero-order valence-corrected chi connectivity index (χ0v) is 24.3. The number of anilines is 1. The van der Waals surface area contributed by atoms with E-state index >= 15 is 0 Å². The minimum Gasteiger partial charge on any atom is -0.396 e. The molecule has 2 amide bonds. The lowest BCUT2D eigenvalue weighted by Crippen LogP contribution is -2.39. The number of aliphatic hydroxyl groups excluding tert-OH is 1. The second-order valence-corrected chi connectivity index (χ2v) is 10.2. The van der Waals surface area contributed by atoms with E-state index < -0.39 is 0 Å². The molecule has 0 unspecified atom stereocenters. The van der Waals surface area contributed by atoms with E-state index in [4.69, 9.17) is 5.11 Å². The summed E-state index contributed by atoms with van der Waals surface area (Å²) in [5.41, 5.74) is 4.34. The summed E-state index contributed by atoms with van der Waals surface area (Å²) >= 11 is 0. The van der Waals surface area contributed by atoms with Gasteiger partial charge in [-0.15, -0.1) is 0 Å². The van der Waals surface area contributed by atoms with Crippen molar-refractivity contribution >= 4 is 17.5 Å². The predicted molar refractivity (Wildman–Crippen MR) is 166 cm³/mol. The number of hydrogen-bond donors (Lipinski definition) is 3. The minimum absolute atomic E-state index is 0.0442. The highest BCUT2D eigenvalue weighted by Gasteiger charge is 2.16. The first-order chi connectivity index (χ1) is 21.1. The minimum atomic E-state index is -0.133. The molecule has 3 heterocycles. The maximum atomic E-state index is 13.2. The highest BCUT2D eigenvalue weighted by Crippen LogP contribution is 2.12. The van der Waals surface area contributed by atoms with Crippen molar-refractivity contribution in [2.45, 2.75) is 32.5 Å². The molecule has 4 rings (SSSR count). The largest absolute Gasteiger partial charge is 0.396 e. The topological polar surface area (TPSA) is 124 Å². The Morgan fingerprint density at radius 3 is 1.72 bits per heavy atom. The summed E-state index contributed by atoms with van der Waals surface area (Å²) in [4.78, 5) is 43.1. The number of aliphatic hydroxyl groups is 1.